The predicted molar refractivity (Wildman–Crippen MR) is 82.4 cm³/mol. The van der Waals surface area contributed by atoms with Crippen molar-refractivity contribution in [3.8, 4) is 0 Å². The number of carbonyl (C=O) groups is 1. The molecule has 6 nitrogen and oxygen atoms in total. The van der Waals surface area contributed by atoms with Gasteiger partial charge in [-0.2, -0.15) is 0 Å². The number of carbonyl (C=O) groups excluding carboxylic acids is 1. The third kappa shape index (κ3) is 4.17. The van der Waals surface area contributed by atoms with E-state index in [1.165, 1.54) is 29.7 Å². The fourth-order valence-corrected chi connectivity index (χ4v) is 4.13. The number of nitrogens with one attached hydrogen (secondary N) is 1. The Labute approximate surface area is 133 Å². The van der Waals surface area contributed by atoms with Gasteiger partial charge in [0.05, 0.1) is 34.2 Å². The number of thiophene rings is 1. The zero-order valence-electron chi connectivity index (χ0n) is 11.7. The van der Waals surface area contributed by atoms with Gasteiger partial charge in [-0.3, -0.25) is 4.79 Å². The standard InChI is InChI=1S/C12H17ClN2O4S2/c1-15(2)21(17,18)7-8-5-19-6-9(8)14-12(16)10-3-4-11(13)20-10/h3-4,8-9H,5-7H2,1-2H3,(H,14,16). The molecule has 0 aliphatic carbocycles. The lowest BCUT2D eigenvalue weighted by Crippen LogP contribution is -2.43. The van der Waals surface area contributed by atoms with E-state index in [2.05, 4.69) is 5.32 Å². The quantitative estimate of drug-likeness (QED) is 0.859. The normalized spacial score (nSPS) is 22.7. The molecule has 9 heteroatoms. The molecule has 0 bridgehead atoms. The minimum atomic E-state index is -3.33. The molecule has 1 aliphatic heterocycles. The number of nitrogens with zero attached hydrogens (tertiary/aromatic N) is 1. The van der Waals surface area contributed by atoms with E-state index >= 15 is 0 Å². The summed E-state index contributed by atoms with van der Waals surface area (Å²) < 4.78 is 30.9. The Morgan fingerprint density at radius 1 is 1.48 bits per heavy atom. The van der Waals surface area contributed by atoms with Gasteiger partial charge in [0.1, 0.15) is 0 Å². The Kier molecular flexibility index (Phi) is 5.26. The molecule has 2 heterocycles. The van der Waals surface area contributed by atoms with Gasteiger partial charge in [0.15, 0.2) is 0 Å². The number of hydrogen-bond donors (Lipinski definition) is 1. The number of halogens is 1. The fraction of sp³-hybridized carbons (Fsp3) is 0.583. The van der Waals surface area contributed by atoms with Crippen molar-refractivity contribution in [3.05, 3.63) is 21.3 Å². The van der Waals surface area contributed by atoms with Crippen molar-refractivity contribution in [2.24, 2.45) is 5.92 Å². The highest BCUT2D eigenvalue weighted by molar-refractivity contribution is 7.89. The fourth-order valence-electron chi connectivity index (χ4n) is 2.02. The minimum absolute atomic E-state index is 0.0455. The van der Waals surface area contributed by atoms with Crippen molar-refractivity contribution in [1.29, 1.82) is 0 Å². The summed E-state index contributed by atoms with van der Waals surface area (Å²) in [4.78, 5) is 12.6. The second-order valence-corrected chi connectivity index (χ2v) is 8.98. The van der Waals surface area contributed by atoms with Crippen LogP contribution in [0.3, 0.4) is 0 Å². The van der Waals surface area contributed by atoms with Gasteiger partial charge in [0.25, 0.3) is 5.91 Å². The van der Waals surface area contributed by atoms with E-state index in [0.29, 0.717) is 22.4 Å². The second kappa shape index (κ2) is 6.62. The molecule has 1 saturated heterocycles. The van der Waals surface area contributed by atoms with E-state index in [1.807, 2.05) is 0 Å². The highest BCUT2D eigenvalue weighted by Crippen LogP contribution is 2.23. The Morgan fingerprint density at radius 3 is 2.76 bits per heavy atom. The molecule has 2 unspecified atom stereocenters. The van der Waals surface area contributed by atoms with Gasteiger partial charge in [-0.15, -0.1) is 11.3 Å². The van der Waals surface area contributed by atoms with Crippen LogP contribution in [0.5, 0.6) is 0 Å². The predicted octanol–water partition coefficient (Wildman–Crippen LogP) is 1.04. The third-order valence-electron chi connectivity index (χ3n) is 3.29. The molecule has 21 heavy (non-hydrogen) atoms. The van der Waals surface area contributed by atoms with Crippen molar-refractivity contribution in [1.82, 2.24) is 9.62 Å². The van der Waals surface area contributed by atoms with Crippen LogP contribution in [0.25, 0.3) is 0 Å². The maximum atomic E-state index is 12.1. The van der Waals surface area contributed by atoms with Gasteiger partial charge in [-0.05, 0) is 12.1 Å². The van der Waals surface area contributed by atoms with Crippen LogP contribution >= 0.6 is 22.9 Å². The summed E-state index contributed by atoms with van der Waals surface area (Å²) in [7, 11) is -0.342. The lowest BCUT2D eigenvalue weighted by atomic mass is 10.1. The molecular weight excluding hydrogens is 336 g/mol. The first-order chi connectivity index (χ1) is 9.79. The third-order valence-corrected chi connectivity index (χ3v) is 6.48. The number of amides is 1. The average molecular weight is 353 g/mol. The van der Waals surface area contributed by atoms with Crippen molar-refractivity contribution < 1.29 is 17.9 Å². The van der Waals surface area contributed by atoms with Crippen LogP contribution in [-0.4, -0.2) is 57.7 Å². The SMILES string of the molecule is CN(C)S(=O)(=O)CC1COCC1NC(=O)c1ccc(Cl)s1. The van der Waals surface area contributed by atoms with Gasteiger partial charge in [-0.25, -0.2) is 12.7 Å². The summed E-state index contributed by atoms with van der Waals surface area (Å²) >= 11 is 6.99. The summed E-state index contributed by atoms with van der Waals surface area (Å²) in [6, 6.07) is 2.98. The van der Waals surface area contributed by atoms with Crippen LogP contribution in [-0.2, 0) is 14.8 Å². The molecule has 1 aromatic rings. The molecule has 0 spiro atoms. The Bertz CT molecular complexity index is 615. The van der Waals surface area contributed by atoms with Crippen LogP contribution in [0, 0.1) is 5.92 Å². The van der Waals surface area contributed by atoms with E-state index < -0.39 is 10.0 Å². The Hall–Kier alpha value is -0.670. The van der Waals surface area contributed by atoms with Gasteiger partial charge in [-0.1, -0.05) is 11.6 Å². The minimum Gasteiger partial charge on any atom is -0.379 e. The summed E-state index contributed by atoms with van der Waals surface area (Å²) in [6.07, 6.45) is 0. The molecule has 1 aromatic heterocycles. The van der Waals surface area contributed by atoms with E-state index in [1.54, 1.807) is 12.1 Å². The number of rotatable bonds is 5. The van der Waals surface area contributed by atoms with Crippen molar-refractivity contribution >= 4 is 38.9 Å². The first-order valence-corrected chi connectivity index (χ1v) is 9.14. The van der Waals surface area contributed by atoms with Crippen LogP contribution < -0.4 is 5.32 Å². The van der Waals surface area contributed by atoms with E-state index in [9.17, 15) is 13.2 Å². The highest BCUT2D eigenvalue weighted by Gasteiger charge is 2.34. The molecule has 2 atom stereocenters. The molecule has 0 aromatic carbocycles. The monoisotopic (exact) mass is 352 g/mol. The lowest BCUT2D eigenvalue weighted by Gasteiger charge is -2.20. The largest absolute Gasteiger partial charge is 0.379 e. The Balaban J connectivity index is 2.01. The number of sulfonamides is 1. The van der Waals surface area contributed by atoms with Crippen molar-refractivity contribution in [2.45, 2.75) is 6.04 Å². The molecular formula is C12H17ClN2O4S2. The zero-order chi connectivity index (χ0) is 15.6. The summed E-state index contributed by atoms with van der Waals surface area (Å²) in [6.45, 7) is 0.641. The molecule has 0 radical (unpaired) electrons. The first kappa shape index (κ1) is 16.7. The second-order valence-electron chi connectivity index (χ2n) is 5.04. The van der Waals surface area contributed by atoms with Gasteiger partial charge < -0.3 is 10.1 Å². The maximum Gasteiger partial charge on any atom is 0.261 e. The molecule has 1 N–H and O–H groups in total. The van der Waals surface area contributed by atoms with E-state index in [0.717, 1.165) is 0 Å². The number of ether oxygens (including phenoxy) is 1. The number of hydrogen-bond acceptors (Lipinski definition) is 5. The van der Waals surface area contributed by atoms with Gasteiger partial charge in [0, 0.05) is 20.0 Å². The highest BCUT2D eigenvalue weighted by atomic mass is 35.5. The topological polar surface area (TPSA) is 75.7 Å². The lowest BCUT2D eigenvalue weighted by molar-refractivity contribution is 0.0930. The molecule has 2 rings (SSSR count). The summed E-state index contributed by atoms with van der Waals surface area (Å²) in [5, 5.41) is 2.82. The maximum absolute atomic E-state index is 12.1. The molecule has 118 valence electrons. The van der Waals surface area contributed by atoms with Crippen LogP contribution in [0.1, 0.15) is 9.67 Å². The van der Waals surface area contributed by atoms with Crippen LogP contribution in [0.15, 0.2) is 12.1 Å². The molecule has 1 fully saturated rings. The van der Waals surface area contributed by atoms with E-state index in [-0.39, 0.29) is 23.6 Å². The van der Waals surface area contributed by atoms with E-state index in [4.69, 9.17) is 16.3 Å². The first-order valence-electron chi connectivity index (χ1n) is 6.34. The summed E-state index contributed by atoms with van der Waals surface area (Å²) in [5.41, 5.74) is 0. The van der Waals surface area contributed by atoms with Gasteiger partial charge >= 0.3 is 0 Å². The molecule has 0 saturated carbocycles. The van der Waals surface area contributed by atoms with Crippen molar-refractivity contribution in [2.75, 3.05) is 33.1 Å². The molecule has 1 amide bonds. The Morgan fingerprint density at radius 2 is 2.19 bits per heavy atom. The van der Waals surface area contributed by atoms with Crippen LogP contribution in [0.4, 0.5) is 0 Å². The summed E-state index contributed by atoms with van der Waals surface area (Å²) in [5.74, 6) is -0.553. The van der Waals surface area contributed by atoms with Crippen LogP contribution in [0.2, 0.25) is 4.34 Å². The smallest absolute Gasteiger partial charge is 0.261 e. The average Bonchev–Trinajstić information content (AvgIpc) is 2.99. The van der Waals surface area contributed by atoms with Crippen molar-refractivity contribution in [3.63, 3.8) is 0 Å². The zero-order valence-corrected chi connectivity index (χ0v) is 14.1. The van der Waals surface area contributed by atoms with Gasteiger partial charge in [0.2, 0.25) is 10.0 Å². The molecule has 1 aliphatic rings.